The van der Waals surface area contributed by atoms with Crippen molar-refractivity contribution in [3.8, 4) is 0 Å². The third kappa shape index (κ3) is 3.45. The van der Waals surface area contributed by atoms with Crippen LogP contribution in [0.4, 0.5) is 4.39 Å². The van der Waals surface area contributed by atoms with Crippen LogP contribution in [-0.2, 0) is 6.42 Å². The topological polar surface area (TPSA) is 17.1 Å². The molecule has 1 nitrogen and oxygen atoms in total. The number of Topliss-reactive ketones (excluding diaryl/α,β-unsaturated/α-hetero) is 1. The van der Waals surface area contributed by atoms with E-state index in [0.29, 0.717) is 17.0 Å². The van der Waals surface area contributed by atoms with Crippen LogP contribution >= 0.6 is 11.6 Å². The first-order chi connectivity index (χ1) is 9.47. The standard InChI is InChI=1S/C17H16ClFO/c1-11(2)13-4-6-14(7-5-13)17(20)10-12-3-8-15(18)16(19)9-12/h3-9,11H,10H2,1-2H3. The summed E-state index contributed by atoms with van der Waals surface area (Å²) in [5, 5.41) is 0.0717. The van der Waals surface area contributed by atoms with Crippen LogP contribution in [0.5, 0.6) is 0 Å². The van der Waals surface area contributed by atoms with Gasteiger partial charge in [-0.1, -0.05) is 55.8 Å². The molecule has 2 aromatic rings. The molecule has 0 saturated heterocycles. The van der Waals surface area contributed by atoms with Gasteiger partial charge in [-0.25, -0.2) is 4.39 Å². The van der Waals surface area contributed by atoms with E-state index in [1.54, 1.807) is 6.07 Å². The average molecular weight is 291 g/mol. The highest BCUT2D eigenvalue weighted by Gasteiger charge is 2.09. The first kappa shape index (κ1) is 14.7. The lowest BCUT2D eigenvalue weighted by atomic mass is 9.98. The van der Waals surface area contributed by atoms with Crippen molar-refractivity contribution in [1.82, 2.24) is 0 Å². The van der Waals surface area contributed by atoms with Gasteiger partial charge >= 0.3 is 0 Å². The van der Waals surface area contributed by atoms with Gasteiger partial charge in [0, 0.05) is 12.0 Å². The van der Waals surface area contributed by atoms with E-state index in [0.717, 1.165) is 0 Å². The monoisotopic (exact) mass is 290 g/mol. The van der Waals surface area contributed by atoms with Crippen LogP contribution in [0.25, 0.3) is 0 Å². The van der Waals surface area contributed by atoms with E-state index < -0.39 is 5.82 Å². The number of carbonyl (C=O) groups is 1. The maximum absolute atomic E-state index is 13.3. The second-order valence-electron chi connectivity index (χ2n) is 5.13. The number of rotatable bonds is 4. The van der Waals surface area contributed by atoms with Crippen molar-refractivity contribution in [1.29, 1.82) is 0 Å². The maximum Gasteiger partial charge on any atom is 0.167 e. The van der Waals surface area contributed by atoms with Crippen molar-refractivity contribution in [3.05, 3.63) is 70.0 Å². The zero-order valence-corrected chi connectivity index (χ0v) is 12.2. The number of hydrogen-bond donors (Lipinski definition) is 0. The molecule has 0 unspecified atom stereocenters. The molecule has 104 valence electrons. The Morgan fingerprint density at radius 3 is 2.35 bits per heavy atom. The lowest BCUT2D eigenvalue weighted by Gasteiger charge is -2.07. The fraction of sp³-hybridized carbons (Fsp3) is 0.235. The molecule has 0 saturated carbocycles. The zero-order chi connectivity index (χ0) is 14.7. The van der Waals surface area contributed by atoms with Crippen molar-refractivity contribution in [2.24, 2.45) is 0 Å². The maximum atomic E-state index is 13.3. The van der Waals surface area contributed by atoms with Crippen LogP contribution in [0.3, 0.4) is 0 Å². The van der Waals surface area contributed by atoms with Gasteiger partial charge in [-0.15, -0.1) is 0 Å². The number of benzene rings is 2. The summed E-state index contributed by atoms with van der Waals surface area (Å²) in [6.45, 7) is 4.21. The minimum absolute atomic E-state index is 0.0259. The van der Waals surface area contributed by atoms with Gasteiger partial charge in [0.1, 0.15) is 5.82 Å². The zero-order valence-electron chi connectivity index (χ0n) is 11.5. The van der Waals surface area contributed by atoms with Gasteiger partial charge in [-0.05, 0) is 29.2 Å². The molecule has 0 N–H and O–H groups in total. The first-order valence-corrected chi connectivity index (χ1v) is 6.92. The molecule has 0 aliphatic rings. The first-order valence-electron chi connectivity index (χ1n) is 6.54. The molecule has 0 aliphatic carbocycles. The lowest BCUT2D eigenvalue weighted by Crippen LogP contribution is -2.04. The average Bonchev–Trinajstić information content (AvgIpc) is 2.43. The highest BCUT2D eigenvalue weighted by Crippen LogP contribution is 2.18. The predicted octanol–water partition coefficient (Wildman–Crippen LogP) is 5.03. The van der Waals surface area contributed by atoms with Crippen LogP contribution in [0, 0.1) is 5.82 Å². The summed E-state index contributed by atoms with van der Waals surface area (Å²) in [5.74, 6) is -0.0846. The SMILES string of the molecule is CC(C)c1ccc(C(=O)Cc2ccc(Cl)c(F)c2)cc1. The molecule has 2 aromatic carbocycles. The van der Waals surface area contributed by atoms with E-state index in [2.05, 4.69) is 13.8 Å². The van der Waals surface area contributed by atoms with Crippen LogP contribution in [0.1, 0.15) is 41.3 Å². The van der Waals surface area contributed by atoms with Gasteiger partial charge in [0.15, 0.2) is 5.78 Å². The van der Waals surface area contributed by atoms with Gasteiger partial charge in [0.05, 0.1) is 5.02 Å². The fourth-order valence-electron chi connectivity index (χ4n) is 1.99. The molecule has 0 fully saturated rings. The lowest BCUT2D eigenvalue weighted by molar-refractivity contribution is 0.0993. The normalized spacial score (nSPS) is 10.8. The molecule has 0 atom stereocenters. The summed E-state index contributed by atoms with van der Waals surface area (Å²) in [4.78, 5) is 12.1. The van der Waals surface area contributed by atoms with E-state index in [1.165, 1.54) is 17.7 Å². The molecule has 20 heavy (non-hydrogen) atoms. The van der Waals surface area contributed by atoms with Gasteiger partial charge in [-0.2, -0.15) is 0 Å². The Bertz CT molecular complexity index is 617. The van der Waals surface area contributed by atoms with Crippen LogP contribution in [0.15, 0.2) is 42.5 Å². The Hall–Kier alpha value is -1.67. The van der Waals surface area contributed by atoms with E-state index in [9.17, 15) is 9.18 Å². The molecule has 0 aromatic heterocycles. The van der Waals surface area contributed by atoms with Crippen molar-refractivity contribution in [2.75, 3.05) is 0 Å². The number of carbonyl (C=O) groups excluding carboxylic acids is 1. The molecule has 2 rings (SSSR count). The minimum Gasteiger partial charge on any atom is -0.294 e. The van der Waals surface area contributed by atoms with Crippen molar-refractivity contribution >= 4 is 17.4 Å². The number of hydrogen-bond acceptors (Lipinski definition) is 1. The molecule has 3 heteroatoms. The molecule has 0 amide bonds. The van der Waals surface area contributed by atoms with Gasteiger partial charge in [-0.3, -0.25) is 4.79 Å². The van der Waals surface area contributed by atoms with Gasteiger partial charge in [0.2, 0.25) is 0 Å². The van der Waals surface area contributed by atoms with Crippen molar-refractivity contribution < 1.29 is 9.18 Å². The Labute approximate surface area is 123 Å². The Morgan fingerprint density at radius 2 is 1.80 bits per heavy atom. The van der Waals surface area contributed by atoms with E-state index in [4.69, 9.17) is 11.6 Å². The summed E-state index contributed by atoms with van der Waals surface area (Å²) in [7, 11) is 0. The highest BCUT2D eigenvalue weighted by atomic mass is 35.5. The highest BCUT2D eigenvalue weighted by molar-refractivity contribution is 6.30. The quantitative estimate of drug-likeness (QED) is 0.722. The van der Waals surface area contributed by atoms with Crippen molar-refractivity contribution in [3.63, 3.8) is 0 Å². The summed E-state index contributed by atoms with van der Waals surface area (Å²) in [6, 6.07) is 12.0. The third-order valence-electron chi connectivity index (χ3n) is 3.25. The molecule has 0 heterocycles. The van der Waals surface area contributed by atoms with Gasteiger partial charge < -0.3 is 0 Å². The Balaban J connectivity index is 2.13. The second-order valence-corrected chi connectivity index (χ2v) is 5.53. The van der Waals surface area contributed by atoms with Crippen LogP contribution < -0.4 is 0 Å². The largest absolute Gasteiger partial charge is 0.294 e. The van der Waals surface area contributed by atoms with Gasteiger partial charge in [0.25, 0.3) is 0 Å². The molecular weight excluding hydrogens is 275 g/mol. The molecule has 0 spiro atoms. The van der Waals surface area contributed by atoms with Crippen LogP contribution in [-0.4, -0.2) is 5.78 Å². The third-order valence-corrected chi connectivity index (χ3v) is 3.55. The molecule has 0 radical (unpaired) electrons. The Kier molecular flexibility index (Phi) is 4.56. The summed E-state index contributed by atoms with van der Waals surface area (Å²) < 4.78 is 13.3. The minimum atomic E-state index is -0.493. The molecule has 0 bridgehead atoms. The number of halogens is 2. The molecule has 0 aliphatic heterocycles. The summed E-state index contributed by atoms with van der Waals surface area (Å²) in [5.41, 5.74) is 2.47. The van der Waals surface area contributed by atoms with E-state index in [1.807, 2.05) is 24.3 Å². The predicted molar refractivity (Wildman–Crippen MR) is 80.0 cm³/mol. The van der Waals surface area contributed by atoms with E-state index >= 15 is 0 Å². The Morgan fingerprint density at radius 1 is 1.15 bits per heavy atom. The fourth-order valence-corrected chi connectivity index (χ4v) is 2.11. The summed E-state index contributed by atoms with van der Waals surface area (Å²) in [6.07, 6.45) is 0.176. The number of ketones is 1. The van der Waals surface area contributed by atoms with E-state index in [-0.39, 0.29) is 17.2 Å². The molecular formula is C17H16ClFO. The smallest absolute Gasteiger partial charge is 0.167 e. The van der Waals surface area contributed by atoms with Crippen molar-refractivity contribution in [2.45, 2.75) is 26.2 Å². The second kappa shape index (κ2) is 6.19. The summed E-state index contributed by atoms with van der Waals surface area (Å²) >= 11 is 5.62. The van der Waals surface area contributed by atoms with Crippen LogP contribution in [0.2, 0.25) is 5.02 Å².